The van der Waals surface area contributed by atoms with E-state index in [9.17, 15) is 9.59 Å². The highest BCUT2D eigenvalue weighted by molar-refractivity contribution is 5.86. The highest BCUT2D eigenvalue weighted by Gasteiger charge is 2.24. The zero-order chi connectivity index (χ0) is 13.6. The average Bonchev–Trinajstić information content (AvgIpc) is 2.14. The molecule has 0 radical (unpaired) electrons. The minimum atomic E-state index is -1.01. The molecule has 0 heterocycles. The van der Waals surface area contributed by atoms with Crippen molar-refractivity contribution >= 4 is 24.3 Å². The molecule has 0 bridgehead atoms. The van der Waals surface area contributed by atoms with Crippen molar-refractivity contribution in [2.45, 2.75) is 52.6 Å². The molecule has 0 aliphatic heterocycles. The fourth-order valence-corrected chi connectivity index (χ4v) is 1.59. The topological polar surface area (TPSA) is 92.4 Å². The van der Waals surface area contributed by atoms with Crippen LogP contribution >= 0.6 is 12.4 Å². The molecule has 0 aromatic heterocycles. The summed E-state index contributed by atoms with van der Waals surface area (Å²) < 4.78 is 0. The van der Waals surface area contributed by atoms with Crippen LogP contribution in [0.2, 0.25) is 0 Å². The first-order valence-electron chi connectivity index (χ1n) is 6.02. The fraction of sp³-hybridized carbons (Fsp3) is 0.833. The molecule has 6 heteroatoms. The van der Waals surface area contributed by atoms with Crippen molar-refractivity contribution < 1.29 is 14.7 Å². The van der Waals surface area contributed by atoms with Gasteiger partial charge >= 0.3 is 5.97 Å². The number of carbonyl (C=O) groups excluding carboxylic acids is 1. The maximum absolute atomic E-state index is 11.7. The number of nitrogens with two attached hydrogens (primary N) is 1. The number of nitrogens with one attached hydrogen (secondary N) is 1. The zero-order valence-electron chi connectivity index (χ0n) is 11.5. The van der Waals surface area contributed by atoms with Gasteiger partial charge in [0.2, 0.25) is 5.91 Å². The molecule has 0 aromatic rings. The monoisotopic (exact) mass is 280 g/mol. The predicted molar refractivity (Wildman–Crippen MR) is 73.7 cm³/mol. The minimum Gasteiger partial charge on any atom is -0.480 e. The third kappa shape index (κ3) is 8.31. The molecule has 0 aliphatic rings. The quantitative estimate of drug-likeness (QED) is 0.657. The van der Waals surface area contributed by atoms with E-state index in [2.05, 4.69) is 5.32 Å². The summed E-state index contributed by atoms with van der Waals surface area (Å²) in [4.78, 5) is 22.6. The second-order valence-corrected chi connectivity index (χ2v) is 5.27. The first kappa shape index (κ1) is 19.5. The van der Waals surface area contributed by atoms with E-state index in [0.717, 1.165) is 0 Å². The van der Waals surface area contributed by atoms with Crippen LogP contribution in [0.4, 0.5) is 0 Å². The summed E-state index contributed by atoms with van der Waals surface area (Å²) >= 11 is 0. The smallest absolute Gasteiger partial charge is 0.326 e. The highest BCUT2D eigenvalue weighted by atomic mass is 35.5. The summed E-state index contributed by atoms with van der Waals surface area (Å²) in [7, 11) is 0. The second-order valence-electron chi connectivity index (χ2n) is 5.27. The number of carbonyl (C=O) groups is 2. The predicted octanol–water partition coefficient (Wildman–Crippen LogP) is 1.40. The standard InChI is InChI=1S/C12H24N2O3.ClH/c1-7(2)5-9(13)11(15)14-10(12(16)17)6-8(3)4;/h7-10H,5-6,13H2,1-4H3,(H,14,15)(H,16,17);1H/t9-,10-;/m0./s1. The molecule has 0 spiro atoms. The van der Waals surface area contributed by atoms with Crippen LogP contribution in [0.1, 0.15) is 40.5 Å². The van der Waals surface area contributed by atoms with Crippen LogP contribution in [0.3, 0.4) is 0 Å². The molecule has 0 saturated heterocycles. The average molecular weight is 281 g/mol. The third-order valence-electron chi connectivity index (χ3n) is 2.38. The van der Waals surface area contributed by atoms with E-state index in [-0.39, 0.29) is 24.2 Å². The molecule has 0 aromatic carbocycles. The van der Waals surface area contributed by atoms with Crippen LogP contribution in [-0.4, -0.2) is 29.1 Å². The lowest BCUT2D eigenvalue weighted by Gasteiger charge is -2.20. The highest BCUT2D eigenvalue weighted by Crippen LogP contribution is 2.07. The molecule has 18 heavy (non-hydrogen) atoms. The van der Waals surface area contributed by atoms with E-state index in [0.29, 0.717) is 18.8 Å². The number of halogens is 1. The van der Waals surface area contributed by atoms with E-state index < -0.39 is 18.1 Å². The molecule has 0 fully saturated rings. The van der Waals surface area contributed by atoms with E-state index in [4.69, 9.17) is 10.8 Å². The number of carboxylic acid groups (broad SMARTS) is 1. The van der Waals surface area contributed by atoms with Gasteiger partial charge < -0.3 is 16.2 Å². The SMILES string of the molecule is CC(C)C[C@H](NC(=O)[C@@H](N)CC(C)C)C(=O)O.Cl. The number of amides is 1. The first-order valence-corrected chi connectivity index (χ1v) is 6.02. The maximum Gasteiger partial charge on any atom is 0.326 e. The summed E-state index contributed by atoms with van der Waals surface area (Å²) in [6, 6.07) is -1.48. The summed E-state index contributed by atoms with van der Waals surface area (Å²) in [5, 5.41) is 11.5. The molecule has 2 atom stereocenters. The van der Waals surface area contributed by atoms with E-state index in [1.807, 2.05) is 27.7 Å². The Labute approximate surface area is 115 Å². The van der Waals surface area contributed by atoms with Crippen LogP contribution in [-0.2, 0) is 9.59 Å². The molecule has 0 unspecified atom stereocenters. The fourth-order valence-electron chi connectivity index (χ4n) is 1.59. The Morgan fingerprint density at radius 3 is 1.89 bits per heavy atom. The molecular weight excluding hydrogens is 256 g/mol. The van der Waals surface area contributed by atoms with Crippen molar-refractivity contribution in [3.8, 4) is 0 Å². The number of hydrogen-bond acceptors (Lipinski definition) is 3. The summed E-state index contributed by atoms with van der Waals surface area (Å²) in [6.07, 6.45) is 0.968. The Balaban J connectivity index is 0. The Morgan fingerprint density at radius 1 is 1.11 bits per heavy atom. The van der Waals surface area contributed by atoms with Gasteiger partial charge in [-0.3, -0.25) is 4.79 Å². The van der Waals surface area contributed by atoms with Gasteiger partial charge in [0.05, 0.1) is 6.04 Å². The molecule has 4 N–H and O–H groups in total. The second kappa shape index (κ2) is 9.16. The Bertz CT molecular complexity index is 270. The molecule has 0 aliphatic carbocycles. The van der Waals surface area contributed by atoms with E-state index in [1.165, 1.54) is 0 Å². The summed E-state index contributed by atoms with van der Waals surface area (Å²) in [5.74, 6) is -0.877. The maximum atomic E-state index is 11.7. The Hall–Kier alpha value is -0.810. The van der Waals surface area contributed by atoms with Crippen LogP contribution in [0.15, 0.2) is 0 Å². The van der Waals surface area contributed by atoms with E-state index >= 15 is 0 Å². The lowest BCUT2D eigenvalue weighted by atomic mass is 10.0. The van der Waals surface area contributed by atoms with Crippen molar-refractivity contribution in [2.75, 3.05) is 0 Å². The number of rotatable bonds is 7. The van der Waals surface area contributed by atoms with Crippen molar-refractivity contribution in [3.05, 3.63) is 0 Å². The molecule has 0 rings (SSSR count). The van der Waals surface area contributed by atoms with Gasteiger partial charge in [-0.15, -0.1) is 12.4 Å². The summed E-state index contributed by atoms with van der Waals surface area (Å²) in [5.41, 5.74) is 5.69. The first-order chi connectivity index (χ1) is 7.73. The van der Waals surface area contributed by atoms with Crippen molar-refractivity contribution in [3.63, 3.8) is 0 Å². The van der Waals surface area contributed by atoms with Gasteiger partial charge in [-0.05, 0) is 24.7 Å². The Morgan fingerprint density at radius 2 is 1.56 bits per heavy atom. The van der Waals surface area contributed by atoms with Crippen molar-refractivity contribution in [1.29, 1.82) is 0 Å². The molecule has 0 saturated carbocycles. The summed E-state index contributed by atoms with van der Waals surface area (Å²) in [6.45, 7) is 7.76. The largest absolute Gasteiger partial charge is 0.480 e. The third-order valence-corrected chi connectivity index (χ3v) is 2.38. The van der Waals surface area contributed by atoms with E-state index in [1.54, 1.807) is 0 Å². The number of carboxylic acids is 1. The van der Waals surface area contributed by atoms with Gasteiger partial charge in [-0.25, -0.2) is 4.79 Å². The van der Waals surface area contributed by atoms with Gasteiger partial charge in [-0.2, -0.15) is 0 Å². The molecule has 5 nitrogen and oxygen atoms in total. The molecule has 1 amide bonds. The van der Waals surface area contributed by atoms with Crippen LogP contribution < -0.4 is 11.1 Å². The number of aliphatic carboxylic acids is 1. The minimum absolute atomic E-state index is 0. The van der Waals surface area contributed by atoms with Crippen molar-refractivity contribution in [1.82, 2.24) is 5.32 Å². The van der Waals surface area contributed by atoms with Gasteiger partial charge in [-0.1, -0.05) is 27.7 Å². The van der Waals surface area contributed by atoms with Crippen molar-refractivity contribution in [2.24, 2.45) is 17.6 Å². The van der Waals surface area contributed by atoms with Crippen LogP contribution in [0, 0.1) is 11.8 Å². The molecule has 108 valence electrons. The zero-order valence-corrected chi connectivity index (χ0v) is 12.3. The lowest BCUT2D eigenvalue weighted by molar-refractivity contribution is -0.142. The lowest BCUT2D eigenvalue weighted by Crippen LogP contribution is -2.49. The normalized spacial score (nSPS) is 13.9. The van der Waals surface area contributed by atoms with Gasteiger partial charge in [0.1, 0.15) is 6.04 Å². The van der Waals surface area contributed by atoms with Gasteiger partial charge in [0.25, 0.3) is 0 Å². The molecular formula is C12H25ClN2O3. The van der Waals surface area contributed by atoms with Gasteiger partial charge in [0, 0.05) is 0 Å². The Kier molecular flexibility index (Phi) is 9.94. The number of hydrogen-bond donors (Lipinski definition) is 3. The van der Waals surface area contributed by atoms with Crippen LogP contribution in [0.25, 0.3) is 0 Å². The van der Waals surface area contributed by atoms with Crippen LogP contribution in [0.5, 0.6) is 0 Å². The van der Waals surface area contributed by atoms with Gasteiger partial charge in [0.15, 0.2) is 0 Å².